The van der Waals surface area contributed by atoms with E-state index in [4.69, 9.17) is 30.8 Å². The lowest BCUT2D eigenvalue weighted by Crippen LogP contribution is -2.06. The minimum Gasteiger partial charge on any atom is -0.466 e. The summed E-state index contributed by atoms with van der Waals surface area (Å²) in [6.07, 6.45) is 4.01. The van der Waals surface area contributed by atoms with Crippen LogP contribution in [0.2, 0.25) is 0 Å². The third-order valence-electron chi connectivity index (χ3n) is 10.8. The molecule has 5 heterocycles. The van der Waals surface area contributed by atoms with Gasteiger partial charge in [-0.2, -0.15) is 34.0 Å². The van der Waals surface area contributed by atoms with Gasteiger partial charge in [0.25, 0.3) is 0 Å². The maximum atomic E-state index is 11.8. The van der Waals surface area contributed by atoms with E-state index < -0.39 is 17.9 Å². The number of thiophene rings is 4. The molecule has 0 atom stereocenters. The lowest BCUT2D eigenvalue weighted by molar-refractivity contribution is -0.141. The van der Waals surface area contributed by atoms with E-state index in [1.807, 2.05) is 148 Å². The van der Waals surface area contributed by atoms with Gasteiger partial charge in [0.1, 0.15) is 28.5 Å². The number of aromatic amines is 1. The molecule has 1 N–H and O–H groups in total. The second kappa shape index (κ2) is 35.7. The maximum absolute atomic E-state index is 11.8. The first-order chi connectivity index (χ1) is 40.5. The molecule has 0 saturated carbocycles. The second-order valence-corrected chi connectivity index (χ2v) is 19.3. The molecule has 0 amide bonds. The predicted octanol–water partition coefficient (Wildman–Crippen LogP) is 17.4. The van der Waals surface area contributed by atoms with Crippen LogP contribution in [-0.4, -0.2) is 68.1 Å². The molecule has 4 aromatic carbocycles. The molecule has 23 heteroatoms. The molecule has 5 aromatic heterocycles. The van der Waals surface area contributed by atoms with Crippen molar-refractivity contribution in [2.24, 2.45) is 15.3 Å². The van der Waals surface area contributed by atoms with E-state index in [1.165, 1.54) is 22.7 Å². The van der Waals surface area contributed by atoms with E-state index in [2.05, 4.69) is 57.3 Å². The van der Waals surface area contributed by atoms with Gasteiger partial charge < -0.3 is 23.9 Å². The number of aromatic nitrogens is 1. The second-order valence-electron chi connectivity index (χ2n) is 16.2. The van der Waals surface area contributed by atoms with E-state index in [0.717, 1.165) is 77.7 Å². The highest BCUT2D eigenvalue weighted by molar-refractivity contribution is 7.17. The number of hydrogen-bond donors (Lipinski definition) is 1. The zero-order valence-corrected chi connectivity index (χ0v) is 48.5. The van der Waals surface area contributed by atoms with E-state index in [-0.39, 0.29) is 37.1 Å². The Morgan fingerprint density at radius 2 is 0.904 bits per heavy atom. The quantitative estimate of drug-likeness (QED) is 0.0162. The Hall–Kier alpha value is -9.82. The van der Waals surface area contributed by atoms with Crippen molar-refractivity contribution in [1.82, 2.24) is 4.98 Å². The van der Waals surface area contributed by atoms with Crippen LogP contribution in [-0.2, 0) is 33.3 Å². The van der Waals surface area contributed by atoms with Crippen LogP contribution < -0.4 is 0 Å². The number of rotatable bonds is 18. The number of benzene rings is 4. The number of fused-ring (bicyclic) bond motifs is 1. The number of nitrogens with one attached hydrogen (secondary N) is 1. The Balaban J connectivity index is 0.000000195. The van der Waals surface area contributed by atoms with Gasteiger partial charge in [0.2, 0.25) is 0 Å². The van der Waals surface area contributed by atoms with Crippen molar-refractivity contribution in [3.8, 4) is 44.5 Å². The smallest absolute Gasteiger partial charge is 0.354 e. The van der Waals surface area contributed by atoms with Crippen LogP contribution in [0.1, 0.15) is 59.7 Å². The van der Waals surface area contributed by atoms with Crippen LogP contribution >= 0.6 is 45.3 Å². The van der Waals surface area contributed by atoms with Crippen molar-refractivity contribution in [2.45, 2.75) is 27.7 Å². The van der Waals surface area contributed by atoms with Gasteiger partial charge in [0.05, 0.1) is 26.4 Å². The molecule has 9 rings (SSSR count). The van der Waals surface area contributed by atoms with Crippen molar-refractivity contribution < 1.29 is 42.9 Å². The highest BCUT2D eigenvalue weighted by Crippen LogP contribution is 2.35. The number of aldehydes is 1. The number of azide groups is 3. The molecule has 0 spiro atoms. The van der Waals surface area contributed by atoms with Crippen LogP contribution in [0.15, 0.2) is 192 Å². The Morgan fingerprint density at radius 3 is 1.29 bits per heavy atom. The van der Waals surface area contributed by atoms with Crippen LogP contribution in [0.5, 0.6) is 0 Å². The zero-order valence-electron chi connectivity index (χ0n) is 45.3. The summed E-state index contributed by atoms with van der Waals surface area (Å²) in [7, 11) is 0. The van der Waals surface area contributed by atoms with E-state index in [1.54, 1.807) is 62.5 Å². The highest BCUT2D eigenvalue weighted by atomic mass is 32.1. The molecule has 9 aromatic rings. The Kier molecular flexibility index (Phi) is 27.5. The third kappa shape index (κ3) is 20.0. The molecule has 0 aliphatic rings. The fourth-order valence-corrected chi connectivity index (χ4v) is 10.6. The minimum atomic E-state index is -0.625. The molecule has 0 bridgehead atoms. The normalized spacial score (nSPS) is 10.3. The van der Waals surface area contributed by atoms with E-state index >= 15 is 0 Å². The third-order valence-corrected chi connectivity index (χ3v) is 14.0. The number of nitrogens with zero attached hydrogens (tertiary/aromatic N) is 9. The summed E-state index contributed by atoms with van der Waals surface area (Å²) < 4.78 is 19.2. The van der Waals surface area contributed by atoms with E-state index in [9.17, 15) is 24.0 Å². The average Bonchev–Trinajstić information content (AvgIpc) is 4.47. The van der Waals surface area contributed by atoms with Gasteiger partial charge >= 0.3 is 23.9 Å². The van der Waals surface area contributed by atoms with Gasteiger partial charge in [-0.25, -0.2) is 14.4 Å². The average molecular weight is 1190 g/mol. The topological polar surface area (TPSA) is 284 Å². The predicted molar refractivity (Wildman–Crippen MR) is 330 cm³/mol. The number of carbonyl (C=O) groups excluding carboxylic acids is 5. The van der Waals surface area contributed by atoms with E-state index in [0.29, 0.717) is 18.9 Å². The fraction of sp³-hybridized carbons (Fsp3) is 0.150. The van der Waals surface area contributed by atoms with Gasteiger partial charge in [0.15, 0.2) is 6.29 Å². The number of esters is 4. The summed E-state index contributed by atoms with van der Waals surface area (Å²) in [5.74, 6) is -2.04. The van der Waals surface area contributed by atoms with Crippen LogP contribution in [0, 0.1) is 0 Å². The van der Waals surface area contributed by atoms with Gasteiger partial charge in [-0.05, 0) is 134 Å². The SMILES string of the molecule is CCOC(=O)/C(=C/c1cscc1-c1ccccc1)N=[N+]=[N-].CCOC(=O)/C(=C/c1cscc1-c1ccccc1)N=[N+]=[N-].CCOC(=O)CN=[N+]=[N-].CCOC(=O)c1cc2c(-c3ccccc3)csc2[nH]1.O=Cc1cscc1-c1ccccc1. The largest absolute Gasteiger partial charge is 0.466 e. The Bertz CT molecular complexity index is 3620. The summed E-state index contributed by atoms with van der Waals surface area (Å²) in [5.41, 5.74) is 36.2. The summed E-state index contributed by atoms with van der Waals surface area (Å²) in [6.45, 7) is 7.84. The maximum Gasteiger partial charge on any atom is 0.354 e. The van der Waals surface area contributed by atoms with Gasteiger partial charge in [0, 0.05) is 47.6 Å². The zero-order chi connectivity index (χ0) is 59.6. The van der Waals surface area contributed by atoms with Crippen LogP contribution in [0.3, 0.4) is 0 Å². The Morgan fingerprint density at radius 1 is 0.506 bits per heavy atom. The van der Waals surface area contributed by atoms with Crippen molar-refractivity contribution in [3.05, 3.63) is 230 Å². The molecule has 0 aliphatic carbocycles. The number of ether oxygens (including phenoxy) is 4. The molecule has 0 aliphatic heterocycles. The highest BCUT2D eigenvalue weighted by Gasteiger charge is 2.16. The number of H-pyrrole nitrogens is 1. The van der Waals surface area contributed by atoms with Crippen molar-refractivity contribution >= 4 is 97.9 Å². The van der Waals surface area contributed by atoms with Crippen LogP contribution in [0.4, 0.5) is 0 Å². The summed E-state index contributed by atoms with van der Waals surface area (Å²) in [5, 5.41) is 24.7. The standard InChI is InChI=1S/2C15H13N3O2S.C15H13NO2S.C11H8OS.C4H7N3O2/c2*1-2-20-15(19)14(17-18-16)8-12-9-21-10-13(12)11-6-4-3-5-7-11;1-2-18-15(17)13-8-11-12(9-19-14(11)16-13)10-6-4-3-5-7-10;12-6-10-7-13-8-11(10)9-4-2-1-3-5-9;1-2-9-4(8)3-6-7-5/h2*3-10H,2H2,1H3;3-9,16H,2H2,1H3;1-8H;2-3H2,1H3/b2*14-8-;;;. The Labute approximate surface area is 493 Å². The van der Waals surface area contributed by atoms with Crippen molar-refractivity contribution in [1.29, 1.82) is 0 Å². The summed E-state index contributed by atoms with van der Waals surface area (Å²) in [6, 6.07) is 41.5. The molecule has 83 heavy (non-hydrogen) atoms. The molecule has 0 unspecified atom stereocenters. The van der Waals surface area contributed by atoms with Crippen molar-refractivity contribution in [3.63, 3.8) is 0 Å². The lowest BCUT2D eigenvalue weighted by Gasteiger charge is -2.03. The van der Waals surface area contributed by atoms with Crippen molar-refractivity contribution in [2.75, 3.05) is 33.0 Å². The molecule has 0 saturated heterocycles. The monoisotopic (exact) mass is 1190 g/mol. The molecule has 0 fully saturated rings. The first kappa shape index (κ1) is 64.0. The molecule has 19 nitrogen and oxygen atoms in total. The number of carbonyl (C=O) groups is 5. The van der Waals surface area contributed by atoms with Gasteiger partial charge in [-0.1, -0.05) is 137 Å². The first-order valence-corrected chi connectivity index (χ1v) is 28.9. The lowest BCUT2D eigenvalue weighted by atomic mass is 10.0. The molecular formula is C60H54N10O9S4. The van der Waals surface area contributed by atoms with Gasteiger partial charge in [-0.15, -0.1) is 11.3 Å². The summed E-state index contributed by atoms with van der Waals surface area (Å²) in [4.78, 5) is 68.1. The first-order valence-electron chi connectivity index (χ1n) is 25.2. The fourth-order valence-electron chi connectivity index (χ4n) is 7.22. The van der Waals surface area contributed by atoms with Gasteiger partial charge in [-0.3, -0.25) is 9.59 Å². The molecule has 0 radical (unpaired) electrons. The molecule has 422 valence electrons. The number of hydrogen-bond acceptors (Lipinski definition) is 16. The minimum absolute atomic E-state index is 0.0464. The summed E-state index contributed by atoms with van der Waals surface area (Å²) >= 11 is 6.19. The van der Waals surface area contributed by atoms with Crippen LogP contribution in [0.25, 0.3) is 98.2 Å². The molecular weight excluding hydrogens is 1130 g/mol.